The van der Waals surface area contributed by atoms with E-state index in [0.717, 1.165) is 24.4 Å². The van der Waals surface area contributed by atoms with Crippen molar-refractivity contribution in [3.05, 3.63) is 48.0 Å². The van der Waals surface area contributed by atoms with Gasteiger partial charge in [0, 0.05) is 13.0 Å². The number of carbonyl (C=O) groups is 1. The van der Waals surface area contributed by atoms with E-state index in [0.29, 0.717) is 6.42 Å². The Morgan fingerprint density at radius 2 is 2.11 bits per heavy atom. The number of aromatic nitrogens is 3. The predicted octanol–water partition coefficient (Wildman–Crippen LogP) is 2.10. The van der Waals surface area contributed by atoms with Crippen LogP contribution in [0.4, 0.5) is 0 Å². The number of aryl methyl sites for hydroxylation is 1. The van der Waals surface area contributed by atoms with Crippen LogP contribution in [-0.2, 0) is 17.8 Å². The molecule has 1 unspecified atom stereocenters. The summed E-state index contributed by atoms with van der Waals surface area (Å²) in [6.45, 7) is 2.81. The molecule has 1 aromatic carbocycles. The lowest BCUT2D eigenvalue weighted by Gasteiger charge is -2.12. The molecule has 1 N–H and O–H groups in total. The molecule has 0 saturated heterocycles. The Morgan fingerprint density at radius 3 is 2.74 bits per heavy atom. The van der Waals surface area contributed by atoms with E-state index in [-0.39, 0.29) is 0 Å². The molecule has 0 saturated carbocycles. The Kier molecular flexibility index (Phi) is 4.28. The first-order valence-electron chi connectivity index (χ1n) is 6.36. The fraction of sp³-hybridized carbons (Fsp3) is 0.357. The number of benzene rings is 1. The van der Waals surface area contributed by atoms with E-state index < -0.39 is 11.9 Å². The van der Waals surface area contributed by atoms with Crippen LogP contribution in [0.1, 0.15) is 30.7 Å². The van der Waals surface area contributed by atoms with Crippen LogP contribution in [0.5, 0.6) is 0 Å². The number of carboxylic acids is 1. The van der Waals surface area contributed by atoms with E-state index in [4.69, 9.17) is 0 Å². The highest BCUT2D eigenvalue weighted by Crippen LogP contribution is 2.20. The van der Waals surface area contributed by atoms with E-state index in [2.05, 4.69) is 17.0 Å². The van der Waals surface area contributed by atoms with Gasteiger partial charge in [-0.2, -0.15) is 5.10 Å². The summed E-state index contributed by atoms with van der Waals surface area (Å²) in [7, 11) is 0. The minimum Gasteiger partial charge on any atom is -0.481 e. The van der Waals surface area contributed by atoms with Gasteiger partial charge in [0.15, 0.2) is 0 Å². The molecule has 0 fully saturated rings. The number of aliphatic carboxylic acids is 1. The van der Waals surface area contributed by atoms with E-state index in [1.54, 1.807) is 4.68 Å². The van der Waals surface area contributed by atoms with Crippen LogP contribution in [-0.4, -0.2) is 25.8 Å². The van der Waals surface area contributed by atoms with Gasteiger partial charge < -0.3 is 5.11 Å². The van der Waals surface area contributed by atoms with E-state index in [1.807, 2.05) is 30.3 Å². The Hall–Kier alpha value is -2.17. The van der Waals surface area contributed by atoms with E-state index in [9.17, 15) is 9.90 Å². The van der Waals surface area contributed by atoms with Crippen molar-refractivity contribution in [1.29, 1.82) is 0 Å². The molecule has 5 heteroatoms. The first-order chi connectivity index (χ1) is 9.22. The maximum atomic E-state index is 11.4. The van der Waals surface area contributed by atoms with Crippen LogP contribution in [0.15, 0.2) is 36.7 Å². The summed E-state index contributed by atoms with van der Waals surface area (Å²) in [5.74, 6) is -0.698. The molecule has 0 aliphatic rings. The standard InChI is InChI=1S/C14H17N3O2/c1-2-8-17-13(15-10-16-17)9-12(14(18)19)11-6-4-3-5-7-11/h3-7,10,12H,2,8-9H2,1H3,(H,18,19). The number of hydrogen-bond donors (Lipinski definition) is 1. The minimum atomic E-state index is -0.836. The largest absolute Gasteiger partial charge is 0.481 e. The van der Waals surface area contributed by atoms with Crippen LogP contribution in [0.2, 0.25) is 0 Å². The molecule has 0 spiro atoms. The first-order valence-corrected chi connectivity index (χ1v) is 6.36. The number of nitrogens with zero attached hydrogens (tertiary/aromatic N) is 3. The molecule has 0 aliphatic carbocycles. The third-order valence-electron chi connectivity index (χ3n) is 3.02. The van der Waals surface area contributed by atoms with Gasteiger partial charge in [-0.1, -0.05) is 37.3 Å². The van der Waals surface area contributed by atoms with Gasteiger partial charge in [-0.3, -0.25) is 9.48 Å². The topological polar surface area (TPSA) is 68.0 Å². The fourth-order valence-electron chi connectivity index (χ4n) is 2.06. The zero-order valence-corrected chi connectivity index (χ0v) is 10.9. The maximum Gasteiger partial charge on any atom is 0.311 e. The summed E-state index contributed by atoms with van der Waals surface area (Å²) in [5, 5.41) is 13.5. The number of carboxylic acid groups (broad SMARTS) is 1. The van der Waals surface area contributed by atoms with Gasteiger partial charge >= 0.3 is 5.97 Å². The monoisotopic (exact) mass is 259 g/mol. The Balaban J connectivity index is 2.22. The average molecular weight is 259 g/mol. The van der Waals surface area contributed by atoms with Crippen LogP contribution in [0, 0.1) is 0 Å². The van der Waals surface area contributed by atoms with Crippen molar-refractivity contribution in [3.8, 4) is 0 Å². The molecule has 100 valence electrons. The highest BCUT2D eigenvalue weighted by molar-refractivity contribution is 5.76. The normalized spacial score (nSPS) is 12.3. The second kappa shape index (κ2) is 6.13. The van der Waals surface area contributed by atoms with Crippen LogP contribution >= 0.6 is 0 Å². The van der Waals surface area contributed by atoms with Gasteiger partial charge in [0.05, 0.1) is 5.92 Å². The van der Waals surface area contributed by atoms with Crippen molar-refractivity contribution in [1.82, 2.24) is 14.8 Å². The Labute approximate surface area is 111 Å². The lowest BCUT2D eigenvalue weighted by Crippen LogP contribution is -2.17. The molecule has 19 heavy (non-hydrogen) atoms. The SMILES string of the molecule is CCCn1ncnc1CC(C(=O)O)c1ccccc1. The Morgan fingerprint density at radius 1 is 1.37 bits per heavy atom. The molecule has 2 aromatic rings. The Bertz CT molecular complexity index is 537. The number of hydrogen-bond acceptors (Lipinski definition) is 3. The molecule has 0 amide bonds. The summed E-state index contributed by atoms with van der Waals surface area (Å²) in [5.41, 5.74) is 0.793. The van der Waals surface area contributed by atoms with E-state index >= 15 is 0 Å². The fourth-order valence-corrected chi connectivity index (χ4v) is 2.06. The molecule has 1 heterocycles. The van der Waals surface area contributed by atoms with E-state index in [1.165, 1.54) is 6.33 Å². The van der Waals surface area contributed by atoms with Gasteiger partial charge in [0.25, 0.3) is 0 Å². The third kappa shape index (κ3) is 3.19. The predicted molar refractivity (Wildman–Crippen MR) is 70.8 cm³/mol. The molecule has 0 aliphatic heterocycles. The summed E-state index contributed by atoms with van der Waals surface area (Å²) in [6, 6.07) is 9.24. The molecule has 0 bridgehead atoms. The highest BCUT2D eigenvalue weighted by Gasteiger charge is 2.22. The summed E-state index contributed by atoms with van der Waals surface area (Å²) in [4.78, 5) is 15.6. The smallest absolute Gasteiger partial charge is 0.311 e. The molecule has 2 rings (SSSR count). The van der Waals surface area contributed by atoms with Crippen molar-refractivity contribution in [2.75, 3.05) is 0 Å². The summed E-state index contributed by atoms with van der Waals surface area (Å²) < 4.78 is 1.78. The zero-order chi connectivity index (χ0) is 13.7. The second-order valence-corrected chi connectivity index (χ2v) is 4.41. The lowest BCUT2D eigenvalue weighted by atomic mass is 9.95. The lowest BCUT2D eigenvalue weighted by molar-refractivity contribution is -0.138. The van der Waals surface area contributed by atoms with Gasteiger partial charge in [-0.05, 0) is 12.0 Å². The van der Waals surface area contributed by atoms with Gasteiger partial charge in [-0.15, -0.1) is 0 Å². The highest BCUT2D eigenvalue weighted by atomic mass is 16.4. The third-order valence-corrected chi connectivity index (χ3v) is 3.02. The van der Waals surface area contributed by atoms with Crippen molar-refractivity contribution in [3.63, 3.8) is 0 Å². The molecule has 1 aromatic heterocycles. The minimum absolute atomic E-state index is 0.360. The molecule has 5 nitrogen and oxygen atoms in total. The summed E-state index contributed by atoms with van der Waals surface area (Å²) >= 11 is 0. The molecular weight excluding hydrogens is 242 g/mol. The van der Waals surface area contributed by atoms with Crippen LogP contribution in [0.3, 0.4) is 0 Å². The van der Waals surface area contributed by atoms with Crippen molar-refractivity contribution >= 4 is 5.97 Å². The number of rotatable bonds is 6. The maximum absolute atomic E-state index is 11.4. The second-order valence-electron chi connectivity index (χ2n) is 4.41. The van der Waals surface area contributed by atoms with Crippen molar-refractivity contribution in [2.45, 2.75) is 32.2 Å². The first kappa shape index (κ1) is 13.3. The van der Waals surface area contributed by atoms with Crippen molar-refractivity contribution < 1.29 is 9.90 Å². The molecule has 1 atom stereocenters. The summed E-state index contributed by atoms with van der Waals surface area (Å²) in [6.07, 6.45) is 2.79. The van der Waals surface area contributed by atoms with Gasteiger partial charge in [0.2, 0.25) is 0 Å². The molecule has 0 radical (unpaired) electrons. The quantitative estimate of drug-likeness (QED) is 0.862. The zero-order valence-electron chi connectivity index (χ0n) is 10.9. The van der Waals surface area contributed by atoms with Crippen molar-refractivity contribution in [2.24, 2.45) is 0 Å². The van der Waals surface area contributed by atoms with Crippen LogP contribution < -0.4 is 0 Å². The van der Waals surface area contributed by atoms with Crippen LogP contribution in [0.25, 0.3) is 0 Å². The molecular formula is C14H17N3O2. The van der Waals surface area contributed by atoms with Gasteiger partial charge in [0.1, 0.15) is 12.2 Å². The average Bonchev–Trinajstić information content (AvgIpc) is 2.84. The van der Waals surface area contributed by atoms with Gasteiger partial charge in [-0.25, -0.2) is 4.98 Å².